The zero-order valence-corrected chi connectivity index (χ0v) is 11.5. The Hall–Kier alpha value is -1.61. The Labute approximate surface area is 114 Å². The molecule has 1 fully saturated rings. The first kappa shape index (κ1) is 12.4. The van der Waals surface area contributed by atoms with Crippen molar-refractivity contribution < 1.29 is 0 Å². The smallest absolute Gasteiger partial charge is 0.0648 e. The summed E-state index contributed by atoms with van der Waals surface area (Å²) in [6.07, 6.45) is 7.96. The normalized spacial score (nSPS) is 19.5. The molecule has 0 saturated carbocycles. The molecule has 100 valence electrons. The zero-order chi connectivity index (χ0) is 13.1. The van der Waals surface area contributed by atoms with Crippen LogP contribution in [0.25, 0.3) is 5.69 Å². The average molecular weight is 255 g/mol. The van der Waals surface area contributed by atoms with E-state index < -0.39 is 0 Å². The number of benzene rings is 1. The average Bonchev–Trinajstić information content (AvgIpc) is 2.88. The number of piperidine rings is 1. The molecule has 0 radical (unpaired) electrons. The van der Waals surface area contributed by atoms with E-state index in [2.05, 4.69) is 47.8 Å². The number of hydrogen-bond donors (Lipinski definition) is 1. The first-order valence-electron chi connectivity index (χ1n) is 7.12. The third-order valence-electron chi connectivity index (χ3n) is 3.83. The van der Waals surface area contributed by atoms with Crippen molar-refractivity contribution in [2.24, 2.45) is 5.92 Å². The van der Waals surface area contributed by atoms with Crippen LogP contribution in [-0.2, 0) is 6.42 Å². The minimum Gasteiger partial charge on any atom is -0.316 e. The van der Waals surface area contributed by atoms with E-state index in [1.54, 1.807) is 0 Å². The Kier molecular flexibility index (Phi) is 3.65. The van der Waals surface area contributed by atoms with Gasteiger partial charge in [-0.2, -0.15) is 5.10 Å². The Morgan fingerprint density at radius 1 is 1.42 bits per heavy atom. The molecule has 1 saturated heterocycles. The maximum absolute atomic E-state index is 4.49. The molecule has 1 N–H and O–H groups in total. The SMILES string of the molecule is Cc1cccc(-n2cc(CC3CCCNC3)cn2)c1. The molecule has 0 amide bonds. The summed E-state index contributed by atoms with van der Waals surface area (Å²) < 4.78 is 1.98. The molecule has 1 aliphatic heterocycles. The first-order chi connectivity index (χ1) is 9.31. The largest absolute Gasteiger partial charge is 0.316 e. The third kappa shape index (κ3) is 3.04. The predicted octanol–water partition coefficient (Wildman–Crippen LogP) is 2.72. The fourth-order valence-electron chi connectivity index (χ4n) is 2.81. The summed E-state index contributed by atoms with van der Waals surface area (Å²) >= 11 is 0. The molecule has 2 aromatic rings. The van der Waals surface area contributed by atoms with Gasteiger partial charge in [-0.05, 0) is 68.5 Å². The van der Waals surface area contributed by atoms with Crippen LogP contribution in [0.4, 0.5) is 0 Å². The first-order valence-corrected chi connectivity index (χ1v) is 7.12. The van der Waals surface area contributed by atoms with Crippen molar-refractivity contribution in [2.75, 3.05) is 13.1 Å². The molecule has 3 nitrogen and oxygen atoms in total. The van der Waals surface area contributed by atoms with E-state index in [0.717, 1.165) is 24.6 Å². The van der Waals surface area contributed by atoms with Crippen molar-refractivity contribution in [1.82, 2.24) is 15.1 Å². The summed E-state index contributed by atoms with van der Waals surface area (Å²) in [7, 11) is 0. The van der Waals surface area contributed by atoms with Gasteiger partial charge in [-0.25, -0.2) is 4.68 Å². The number of aromatic nitrogens is 2. The van der Waals surface area contributed by atoms with Gasteiger partial charge in [-0.3, -0.25) is 0 Å². The van der Waals surface area contributed by atoms with Crippen molar-refractivity contribution in [3.63, 3.8) is 0 Å². The van der Waals surface area contributed by atoms with E-state index in [0.29, 0.717) is 0 Å². The van der Waals surface area contributed by atoms with E-state index in [4.69, 9.17) is 0 Å². The number of hydrogen-bond acceptors (Lipinski definition) is 2. The lowest BCUT2D eigenvalue weighted by molar-refractivity contribution is 0.376. The van der Waals surface area contributed by atoms with E-state index in [1.807, 2.05) is 10.9 Å². The molecule has 0 spiro atoms. The van der Waals surface area contributed by atoms with Crippen molar-refractivity contribution in [2.45, 2.75) is 26.2 Å². The van der Waals surface area contributed by atoms with Gasteiger partial charge < -0.3 is 5.32 Å². The van der Waals surface area contributed by atoms with Crippen LogP contribution in [0.15, 0.2) is 36.7 Å². The third-order valence-corrected chi connectivity index (χ3v) is 3.83. The molecule has 0 bridgehead atoms. The van der Waals surface area contributed by atoms with E-state index in [9.17, 15) is 0 Å². The summed E-state index contributed by atoms with van der Waals surface area (Å²) in [4.78, 5) is 0. The highest BCUT2D eigenvalue weighted by Gasteiger charge is 2.14. The Bertz CT molecular complexity index is 538. The Morgan fingerprint density at radius 2 is 2.37 bits per heavy atom. The summed E-state index contributed by atoms with van der Waals surface area (Å²) in [5.41, 5.74) is 3.76. The van der Waals surface area contributed by atoms with Crippen molar-refractivity contribution in [1.29, 1.82) is 0 Å². The van der Waals surface area contributed by atoms with Crippen LogP contribution in [0.3, 0.4) is 0 Å². The maximum Gasteiger partial charge on any atom is 0.0648 e. The molecular formula is C16H21N3. The fraction of sp³-hybridized carbons (Fsp3) is 0.438. The van der Waals surface area contributed by atoms with Gasteiger partial charge in [0.25, 0.3) is 0 Å². The lowest BCUT2D eigenvalue weighted by atomic mass is 9.94. The quantitative estimate of drug-likeness (QED) is 0.914. The maximum atomic E-state index is 4.49. The van der Waals surface area contributed by atoms with Crippen molar-refractivity contribution >= 4 is 0 Å². The van der Waals surface area contributed by atoms with Crippen LogP contribution >= 0.6 is 0 Å². The molecule has 1 unspecified atom stereocenters. The number of aryl methyl sites for hydroxylation is 1. The highest BCUT2D eigenvalue weighted by atomic mass is 15.3. The van der Waals surface area contributed by atoms with Gasteiger partial charge in [0.2, 0.25) is 0 Å². The molecule has 1 aromatic carbocycles. The van der Waals surface area contributed by atoms with Gasteiger partial charge in [-0.15, -0.1) is 0 Å². The lowest BCUT2D eigenvalue weighted by Gasteiger charge is -2.21. The van der Waals surface area contributed by atoms with Crippen LogP contribution in [0, 0.1) is 12.8 Å². The van der Waals surface area contributed by atoms with Crippen LogP contribution in [0.5, 0.6) is 0 Å². The number of nitrogens with one attached hydrogen (secondary N) is 1. The van der Waals surface area contributed by atoms with Gasteiger partial charge in [0.05, 0.1) is 11.9 Å². The molecule has 3 heteroatoms. The van der Waals surface area contributed by atoms with Crippen molar-refractivity contribution in [3.8, 4) is 5.69 Å². The highest BCUT2D eigenvalue weighted by Crippen LogP contribution is 2.17. The topological polar surface area (TPSA) is 29.9 Å². The van der Waals surface area contributed by atoms with E-state index in [-0.39, 0.29) is 0 Å². The van der Waals surface area contributed by atoms with Crippen LogP contribution < -0.4 is 5.32 Å². The summed E-state index contributed by atoms with van der Waals surface area (Å²) in [5, 5.41) is 7.96. The van der Waals surface area contributed by atoms with Gasteiger partial charge >= 0.3 is 0 Å². The van der Waals surface area contributed by atoms with Gasteiger partial charge in [0.1, 0.15) is 0 Å². The summed E-state index contributed by atoms with van der Waals surface area (Å²) in [6.45, 7) is 4.44. The zero-order valence-electron chi connectivity index (χ0n) is 11.5. The van der Waals surface area contributed by atoms with Crippen molar-refractivity contribution in [3.05, 3.63) is 47.8 Å². The van der Waals surface area contributed by atoms with Crippen LogP contribution in [0.2, 0.25) is 0 Å². The van der Waals surface area contributed by atoms with Crippen LogP contribution in [-0.4, -0.2) is 22.9 Å². The molecule has 0 aliphatic carbocycles. The van der Waals surface area contributed by atoms with Gasteiger partial charge in [0.15, 0.2) is 0 Å². The molecule has 2 heterocycles. The standard InChI is InChI=1S/C16H21N3/c1-13-4-2-6-16(8-13)19-12-15(11-18-19)9-14-5-3-7-17-10-14/h2,4,6,8,11-12,14,17H,3,5,7,9-10H2,1H3. The second-order valence-corrected chi connectivity index (χ2v) is 5.55. The summed E-state index contributed by atoms with van der Waals surface area (Å²) in [6, 6.07) is 8.46. The predicted molar refractivity (Wildman–Crippen MR) is 77.6 cm³/mol. The fourth-order valence-corrected chi connectivity index (χ4v) is 2.81. The van der Waals surface area contributed by atoms with E-state index in [1.165, 1.54) is 30.5 Å². The minimum absolute atomic E-state index is 0.768. The highest BCUT2D eigenvalue weighted by molar-refractivity contribution is 5.35. The van der Waals surface area contributed by atoms with E-state index >= 15 is 0 Å². The molecule has 1 aliphatic rings. The van der Waals surface area contributed by atoms with Gasteiger partial charge in [-0.1, -0.05) is 12.1 Å². The molecule has 3 rings (SSSR count). The molecule has 19 heavy (non-hydrogen) atoms. The molecule has 1 aromatic heterocycles. The monoisotopic (exact) mass is 255 g/mol. The summed E-state index contributed by atoms with van der Waals surface area (Å²) in [5.74, 6) is 0.768. The molecule has 1 atom stereocenters. The second kappa shape index (κ2) is 5.57. The Balaban J connectivity index is 1.72. The number of rotatable bonds is 3. The second-order valence-electron chi connectivity index (χ2n) is 5.55. The number of nitrogens with zero attached hydrogens (tertiary/aromatic N) is 2. The minimum atomic E-state index is 0.768. The molecular weight excluding hydrogens is 234 g/mol. The van der Waals surface area contributed by atoms with Crippen LogP contribution in [0.1, 0.15) is 24.0 Å². The Morgan fingerprint density at radius 3 is 3.16 bits per heavy atom. The van der Waals surface area contributed by atoms with Gasteiger partial charge in [0, 0.05) is 6.20 Å². The lowest BCUT2D eigenvalue weighted by Crippen LogP contribution is -2.30.